The Balaban J connectivity index is 2.01. The Morgan fingerprint density at radius 1 is 1.29 bits per heavy atom. The van der Waals surface area contributed by atoms with Gasteiger partial charge in [0.25, 0.3) is 0 Å². The highest BCUT2D eigenvalue weighted by molar-refractivity contribution is 6.21. The number of hydrogen-bond donors (Lipinski definition) is 0. The summed E-state index contributed by atoms with van der Waals surface area (Å²) in [5.74, 6) is -0.124. The SMILES string of the molecule is CN(Cc1ccccc1F)C1CCCCC1Cl. The number of hydrogen-bond acceptors (Lipinski definition) is 1. The topological polar surface area (TPSA) is 3.24 Å². The summed E-state index contributed by atoms with van der Waals surface area (Å²) in [6.07, 6.45) is 4.65. The van der Waals surface area contributed by atoms with E-state index in [0.29, 0.717) is 12.6 Å². The summed E-state index contributed by atoms with van der Waals surface area (Å²) in [6, 6.07) is 7.35. The second kappa shape index (κ2) is 5.83. The highest BCUT2D eigenvalue weighted by atomic mass is 35.5. The fraction of sp³-hybridized carbons (Fsp3) is 0.571. The first-order valence-electron chi connectivity index (χ1n) is 6.26. The molecule has 0 saturated heterocycles. The number of nitrogens with zero attached hydrogens (tertiary/aromatic N) is 1. The molecule has 1 saturated carbocycles. The summed E-state index contributed by atoms with van der Waals surface area (Å²) in [7, 11) is 2.04. The monoisotopic (exact) mass is 255 g/mol. The molecule has 17 heavy (non-hydrogen) atoms. The zero-order valence-corrected chi connectivity index (χ0v) is 11.0. The lowest BCUT2D eigenvalue weighted by molar-refractivity contribution is 0.186. The van der Waals surface area contributed by atoms with E-state index < -0.39 is 0 Å². The van der Waals surface area contributed by atoms with E-state index >= 15 is 0 Å². The Labute approximate surface area is 108 Å². The molecule has 0 radical (unpaired) electrons. The largest absolute Gasteiger partial charge is 0.298 e. The first kappa shape index (κ1) is 12.8. The van der Waals surface area contributed by atoms with Gasteiger partial charge >= 0.3 is 0 Å². The van der Waals surface area contributed by atoms with Gasteiger partial charge in [-0.1, -0.05) is 31.0 Å². The fourth-order valence-corrected chi connectivity index (χ4v) is 3.05. The standard InChI is InChI=1S/C14H19ClFN/c1-17(14-9-5-3-7-12(14)15)10-11-6-2-4-8-13(11)16/h2,4,6,8,12,14H,3,5,7,9-10H2,1H3. The van der Waals surface area contributed by atoms with E-state index in [-0.39, 0.29) is 11.2 Å². The first-order chi connectivity index (χ1) is 8.18. The molecule has 3 heteroatoms. The van der Waals surface area contributed by atoms with Gasteiger partial charge in [0.15, 0.2) is 0 Å². The second-order valence-electron chi connectivity index (χ2n) is 4.87. The Hall–Kier alpha value is -0.600. The van der Waals surface area contributed by atoms with Crippen LogP contribution in [0.3, 0.4) is 0 Å². The van der Waals surface area contributed by atoms with Crippen molar-refractivity contribution >= 4 is 11.6 Å². The summed E-state index contributed by atoms with van der Waals surface area (Å²) >= 11 is 6.35. The molecule has 0 aromatic heterocycles. The molecule has 0 bridgehead atoms. The molecule has 1 aromatic rings. The molecular weight excluding hydrogens is 237 g/mol. The molecule has 1 nitrogen and oxygen atoms in total. The van der Waals surface area contributed by atoms with Crippen LogP contribution in [-0.2, 0) is 6.54 Å². The van der Waals surface area contributed by atoms with Crippen molar-refractivity contribution in [3.8, 4) is 0 Å². The molecular formula is C14H19ClFN. The normalized spacial score (nSPS) is 25.2. The highest BCUT2D eigenvalue weighted by Gasteiger charge is 2.26. The van der Waals surface area contributed by atoms with Crippen LogP contribution in [0, 0.1) is 5.82 Å². The van der Waals surface area contributed by atoms with Gasteiger partial charge in [-0.25, -0.2) is 4.39 Å². The molecule has 0 spiro atoms. The van der Waals surface area contributed by atoms with E-state index in [0.717, 1.165) is 18.4 Å². The van der Waals surface area contributed by atoms with Crippen molar-refractivity contribution in [2.45, 2.75) is 43.6 Å². The molecule has 94 valence electrons. The van der Waals surface area contributed by atoms with Gasteiger partial charge in [-0.05, 0) is 26.0 Å². The van der Waals surface area contributed by atoms with E-state index in [4.69, 9.17) is 11.6 Å². The van der Waals surface area contributed by atoms with Gasteiger partial charge in [0.2, 0.25) is 0 Å². The maximum absolute atomic E-state index is 13.6. The Kier molecular flexibility index (Phi) is 4.41. The van der Waals surface area contributed by atoms with Crippen LogP contribution in [0.2, 0.25) is 0 Å². The average molecular weight is 256 g/mol. The smallest absolute Gasteiger partial charge is 0.127 e. The van der Waals surface area contributed by atoms with Crippen molar-refractivity contribution in [3.05, 3.63) is 35.6 Å². The van der Waals surface area contributed by atoms with Crippen LogP contribution in [0.15, 0.2) is 24.3 Å². The molecule has 0 aliphatic heterocycles. The summed E-state index contributed by atoms with van der Waals surface area (Å²) < 4.78 is 13.6. The Bertz CT molecular complexity index is 369. The van der Waals surface area contributed by atoms with Gasteiger partial charge in [-0.15, -0.1) is 11.6 Å². The van der Waals surface area contributed by atoms with Crippen LogP contribution in [0.1, 0.15) is 31.2 Å². The fourth-order valence-electron chi connectivity index (χ4n) is 2.58. The molecule has 0 heterocycles. The third-order valence-electron chi connectivity index (χ3n) is 3.59. The van der Waals surface area contributed by atoms with Gasteiger partial charge in [0, 0.05) is 23.5 Å². The lowest BCUT2D eigenvalue weighted by atomic mass is 9.93. The third kappa shape index (κ3) is 3.20. The molecule has 1 fully saturated rings. The summed E-state index contributed by atoms with van der Waals surface area (Å²) in [6.45, 7) is 0.639. The van der Waals surface area contributed by atoms with Crippen LogP contribution in [0.5, 0.6) is 0 Å². The van der Waals surface area contributed by atoms with Crippen molar-refractivity contribution in [2.24, 2.45) is 0 Å². The number of alkyl halides is 1. The molecule has 2 rings (SSSR count). The molecule has 0 amide bonds. The van der Waals surface area contributed by atoms with Crippen molar-refractivity contribution < 1.29 is 4.39 Å². The molecule has 1 aliphatic rings. The lowest BCUT2D eigenvalue weighted by Gasteiger charge is -2.35. The quantitative estimate of drug-likeness (QED) is 0.743. The molecule has 0 N–H and O–H groups in total. The number of benzene rings is 1. The minimum absolute atomic E-state index is 0.124. The van der Waals surface area contributed by atoms with Crippen LogP contribution in [0.25, 0.3) is 0 Å². The van der Waals surface area contributed by atoms with Crippen molar-refractivity contribution in [1.29, 1.82) is 0 Å². The molecule has 1 aromatic carbocycles. The van der Waals surface area contributed by atoms with Crippen molar-refractivity contribution in [2.75, 3.05) is 7.05 Å². The van der Waals surface area contributed by atoms with Crippen LogP contribution >= 0.6 is 11.6 Å². The zero-order chi connectivity index (χ0) is 12.3. The minimum atomic E-state index is -0.124. The predicted octanol–water partition coefficient (Wildman–Crippen LogP) is 3.81. The van der Waals surface area contributed by atoms with E-state index in [1.165, 1.54) is 18.9 Å². The summed E-state index contributed by atoms with van der Waals surface area (Å²) in [5, 5.41) is 0.209. The second-order valence-corrected chi connectivity index (χ2v) is 5.43. The van der Waals surface area contributed by atoms with Gasteiger partial charge in [-0.3, -0.25) is 4.90 Å². The average Bonchev–Trinajstić information content (AvgIpc) is 2.32. The minimum Gasteiger partial charge on any atom is -0.298 e. The predicted molar refractivity (Wildman–Crippen MR) is 69.8 cm³/mol. The van der Waals surface area contributed by atoms with Gasteiger partial charge in [0.1, 0.15) is 5.82 Å². The third-order valence-corrected chi connectivity index (χ3v) is 4.10. The van der Waals surface area contributed by atoms with Gasteiger partial charge in [-0.2, -0.15) is 0 Å². The van der Waals surface area contributed by atoms with Crippen LogP contribution in [-0.4, -0.2) is 23.4 Å². The van der Waals surface area contributed by atoms with Crippen LogP contribution in [0.4, 0.5) is 4.39 Å². The Morgan fingerprint density at radius 3 is 2.71 bits per heavy atom. The first-order valence-corrected chi connectivity index (χ1v) is 6.70. The van der Waals surface area contributed by atoms with E-state index in [9.17, 15) is 4.39 Å². The van der Waals surface area contributed by atoms with Crippen LogP contribution < -0.4 is 0 Å². The molecule has 1 aliphatic carbocycles. The van der Waals surface area contributed by atoms with Crippen molar-refractivity contribution in [1.82, 2.24) is 4.90 Å². The van der Waals surface area contributed by atoms with E-state index in [1.54, 1.807) is 6.07 Å². The lowest BCUT2D eigenvalue weighted by Crippen LogP contribution is -2.40. The van der Waals surface area contributed by atoms with Crippen molar-refractivity contribution in [3.63, 3.8) is 0 Å². The van der Waals surface area contributed by atoms with E-state index in [2.05, 4.69) is 4.90 Å². The van der Waals surface area contributed by atoms with E-state index in [1.807, 2.05) is 19.2 Å². The zero-order valence-electron chi connectivity index (χ0n) is 10.2. The Morgan fingerprint density at radius 2 is 2.00 bits per heavy atom. The molecule has 2 atom stereocenters. The van der Waals surface area contributed by atoms with Gasteiger partial charge < -0.3 is 0 Å². The molecule has 2 unspecified atom stereocenters. The summed E-state index contributed by atoms with van der Waals surface area (Å²) in [4.78, 5) is 2.19. The van der Waals surface area contributed by atoms with Gasteiger partial charge in [0.05, 0.1) is 0 Å². The maximum Gasteiger partial charge on any atom is 0.127 e. The maximum atomic E-state index is 13.6. The highest BCUT2D eigenvalue weighted by Crippen LogP contribution is 2.27. The summed E-state index contributed by atoms with van der Waals surface area (Å²) in [5.41, 5.74) is 0.754. The number of halogens is 2. The number of rotatable bonds is 3.